The predicted molar refractivity (Wildman–Crippen MR) is 70.0 cm³/mol. The minimum absolute atomic E-state index is 0.0841. The lowest BCUT2D eigenvalue weighted by Crippen LogP contribution is -2.38. The first-order valence-electron chi connectivity index (χ1n) is 5.49. The van der Waals surface area contributed by atoms with Gasteiger partial charge in [0.15, 0.2) is 0 Å². The third-order valence-corrected chi connectivity index (χ3v) is 2.52. The van der Waals surface area contributed by atoms with E-state index in [0.29, 0.717) is 22.9 Å². The summed E-state index contributed by atoms with van der Waals surface area (Å²) in [5, 5.41) is 6.17. The van der Waals surface area contributed by atoms with Crippen LogP contribution in [-0.2, 0) is 4.79 Å². The lowest BCUT2D eigenvalue weighted by atomic mass is 10.2. The Bertz CT molecular complexity index is 377. The van der Waals surface area contributed by atoms with Crippen molar-refractivity contribution in [1.29, 1.82) is 0 Å². The number of anilines is 2. The van der Waals surface area contributed by atoms with Crippen LogP contribution in [0.25, 0.3) is 0 Å². The fourth-order valence-electron chi connectivity index (χ4n) is 1.29. The van der Waals surface area contributed by atoms with Crippen molar-refractivity contribution in [2.24, 2.45) is 0 Å². The van der Waals surface area contributed by atoms with Crippen LogP contribution < -0.4 is 16.4 Å². The molecule has 1 heterocycles. The van der Waals surface area contributed by atoms with Crippen LogP contribution in [0.5, 0.6) is 0 Å². The number of hydrogen-bond acceptors (Lipinski definition) is 4. The number of carbonyl (C=O) groups excluding carboxylic acids is 1. The standard InChI is InChI=1S/C11H17ClN4O/c1-3-4-15-11(17)7(2)16-10-8(12)5-14-6-9(10)13/h5-7H,3-4,13H2,1-2H3,(H,14,16)(H,15,17). The molecule has 1 aromatic heterocycles. The highest BCUT2D eigenvalue weighted by atomic mass is 35.5. The summed E-state index contributed by atoms with van der Waals surface area (Å²) in [4.78, 5) is 15.5. The summed E-state index contributed by atoms with van der Waals surface area (Å²) in [6.45, 7) is 4.40. The number of aromatic nitrogens is 1. The highest BCUT2D eigenvalue weighted by Crippen LogP contribution is 2.27. The molecule has 5 nitrogen and oxygen atoms in total. The normalized spacial score (nSPS) is 11.9. The van der Waals surface area contributed by atoms with Gasteiger partial charge < -0.3 is 16.4 Å². The van der Waals surface area contributed by atoms with Crippen molar-refractivity contribution >= 4 is 28.9 Å². The van der Waals surface area contributed by atoms with Crippen molar-refractivity contribution in [1.82, 2.24) is 10.3 Å². The van der Waals surface area contributed by atoms with Gasteiger partial charge in [-0.2, -0.15) is 0 Å². The highest BCUT2D eigenvalue weighted by Gasteiger charge is 2.14. The van der Waals surface area contributed by atoms with E-state index in [2.05, 4.69) is 15.6 Å². The molecule has 1 unspecified atom stereocenters. The molecule has 4 N–H and O–H groups in total. The summed E-state index contributed by atoms with van der Waals surface area (Å²) in [5.74, 6) is -0.0841. The van der Waals surface area contributed by atoms with Crippen molar-refractivity contribution in [3.05, 3.63) is 17.4 Å². The first kappa shape index (κ1) is 13.6. The molecule has 0 saturated carbocycles. The molecule has 94 valence electrons. The van der Waals surface area contributed by atoms with Crippen LogP contribution >= 0.6 is 11.6 Å². The summed E-state index contributed by atoms with van der Waals surface area (Å²) in [5.41, 5.74) is 6.69. The Kier molecular flexibility index (Phi) is 5.03. The molecule has 0 aliphatic rings. The maximum Gasteiger partial charge on any atom is 0.242 e. The molecular weight excluding hydrogens is 240 g/mol. The average molecular weight is 257 g/mol. The quantitative estimate of drug-likeness (QED) is 0.748. The zero-order chi connectivity index (χ0) is 12.8. The molecule has 0 aliphatic heterocycles. The molecular formula is C11H17ClN4O. The molecule has 6 heteroatoms. The Hall–Kier alpha value is -1.49. The van der Waals surface area contributed by atoms with Gasteiger partial charge in [0, 0.05) is 12.7 Å². The van der Waals surface area contributed by atoms with Gasteiger partial charge in [-0.05, 0) is 13.3 Å². The summed E-state index contributed by atoms with van der Waals surface area (Å²) < 4.78 is 0. The summed E-state index contributed by atoms with van der Waals surface area (Å²) in [6.07, 6.45) is 3.87. The van der Waals surface area contributed by atoms with Gasteiger partial charge in [0.1, 0.15) is 6.04 Å². The SMILES string of the molecule is CCCNC(=O)C(C)Nc1c(N)cncc1Cl. The van der Waals surface area contributed by atoms with E-state index < -0.39 is 6.04 Å². The third kappa shape index (κ3) is 3.78. The summed E-state index contributed by atoms with van der Waals surface area (Å²) in [6, 6.07) is -0.399. The van der Waals surface area contributed by atoms with Crippen LogP contribution in [0.15, 0.2) is 12.4 Å². The Morgan fingerprint density at radius 3 is 2.88 bits per heavy atom. The Labute approximate surface area is 106 Å². The number of nitrogen functional groups attached to an aromatic ring is 1. The number of nitrogens with one attached hydrogen (secondary N) is 2. The number of amides is 1. The summed E-state index contributed by atoms with van der Waals surface area (Å²) in [7, 11) is 0. The molecule has 1 aromatic rings. The minimum Gasteiger partial charge on any atom is -0.396 e. The molecule has 17 heavy (non-hydrogen) atoms. The monoisotopic (exact) mass is 256 g/mol. The van der Waals surface area contributed by atoms with Gasteiger partial charge in [0.2, 0.25) is 5.91 Å². The average Bonchev–Trinajstić information content (AvgIpc) is 2.30. The van der Waals surface area contributed by atoms with Crippen LogP contribution in [0.2, 0.25) is 5.02 Å². The molecule has 1 rings (SSSR count). The second-order valence-corrected chi connectivity index (χ2v) is 4.15. The van der Waals surface area contributed by atoms with E-state index in [-0.39, 0.29) is 5.91 Å². The number of carbonyl (C=O) groups is 1. The van der Waals surface area contributed by atoms with Crippen LogP contribution in [-0.4, -0.2) is 23.5 Å². The summed E-state index contributed by atoms with van der Waals surface area (Å²) >= 11 is 5.95. The zero-order valence-corrected chi connectivity index (χ0v) is 10.7. The molecule has 0 spiro atoms. The lowest BCUT2D eigenvalue weighted by molar-refractivity contribution is -0.121. The fourth-order valence-corrected chi connectivity index (χ4v) is 1.51. The van der Waals surface area contributed by atoms with Gasteiger partial charge in [-0.15, -0.1) is 0 Å². The lowest BCUT2D eigenvalue weighted by Gasteiger charge is -2.17. The molecule has 1 atom stereocenters. The first-order valence-corrected chi connectivity index (χ1v) is 5.87. The van der Waals surface area contributed by atoms with E-state index in [0.717, 1.165) is 6.42 Å². The number of hydrogen-bond donors (Lipinski definition) is 3. The van der Waals surface area contributed by atoms with E-state index in [9.17, 15) is 4.79 Å². The topological polar surface area (TPSA) is 80.0 Å². The van der Waals surface area contributed by atoms with Crippen molar-refractivity contribution in [3.63, 3.8) is 0 Å². The molecule has 0 bridgehead atoms. The Morgan fingerprint density at radius 2 is 2.29 bits per heavy atom. The van der Waals surface area contributed by atoms with Gasteiger partial charge >= 0.3 is 0 Å². The van der Waals surface area contributed by atoms with Crippen molar-refractivity contribution in [3.8, 4) is 0 Å². The molecule has 0 saturated heterocycles. The van der Waals surface area contributed by atoms with Crippen LogP contribution in [0.4, 0.5) is 11.4 Å². The highest BCUT2D eigenvalue weighted by molar-refractivity contribution is 6.33. The van der Waals surface area contributed by atoms with E-state index >= 15 is 0 Å². The van der Waals surface area contributed by atoms with Crippen LogP contribution in [0.3, 0.4) is 0 Å². The molecule has 0 fully saturated rings. The molecule has 0 aliphatic carbocycles. The van der Waals surface area contributed by atoms with Crippen molar-refractivity contribution in [2.45, 2.75) is 26.3 Å². The number of rotatable bonds is 5. The Morgan fingerprint density at radius 1 is 1.59 bits per heavy atom. The smallest absolute Gasteiger partial charge is 0.242 e. The van der Waals surface area contributed by atoms with Crippen LogP contribution in [0.1, 0.15) is 20.3 Å². The number of halogens is 1. The maximum atomic E-state index is 11.7. The minimum atomic E-state index is -0.399. The second kappa shape index (κ2) is 6.30. The van der Waals surface area contributed by atoms with E-state index in [1.54, 1.807) is 6.92 Å². The largest absolute Gasteiger partial charge is 0.396 e. The first-order chi connectivity index (χ1) is 8.06. The van der Waals surface area contributed by atoms with E-state index in [4.69, 9.17) is 17.3 Å². The molecule has 0 aromatic carbocycles. The van der Waals surface area contributed by atoms with Gasteiger partial charge in [0.05, 0.1) is 22.6 Å². The predicted octanol–water partition coefficient (Wildman–Crippen LogP) is 1.64. The molecule has 0 radical (unpaired) electrons. The third-order valence-electron chi connectivity index (χ3n) is 2.23. The second-order valence-electron chi connectivity index (χ2n) is 3.74. The molecule has 1 amide bonds. The zero-order valence-electron chi connectivity index (χ0n) is 9.96. The van der Waals surface area contributed by atoms with Gasteiger partial charge in [0.25, 0.3) is 0 Å². The number of nitrogens with zero attached hydrogens (tertiary/aromatic N) is 1. The maximum absolute atomic E-state index is 11.7. The van der Waals surface area contributed by atoms with Crippen molar-refractivity contribution in [2.75, 3.05) is 17.6 Å². The van der Waals surface area contributed by atoms with Crippen molar-refractivity contribution < 1.29 is 4.79 Å². The number of nitrogens with two attached hydrogens (primary N) is 1. The van der Waals surface area contributed by atoms with E-state index in [1.807, 2.05) is 6.92 Å². The van der Waals surface area contributed by atoms with Gasteiger partial charge in [-0.3, -0.25) is 9.78 Å². The van der Waals surface area contributed by atoms with Gasteiger partial charge in [-0.25, -0.2) is 0 Å². The van der Waals surface area contributed by atoms with Gasteiger partial charge in [-0.1, -0.05) is 18.5 Å². The van der Waals surface area contributed by atoms with Crippen LogP contribution in [0, 0.1) is 0 Å². The van der Waals surface area contributed by atoms with E-state index in [1.165, 1.54) is 12.4 Å². The number of pyridine rings is 1. The fraction of sp³-hybridized carbons (Fsp3) is 0.455. The Balaban J connectivity index is 2.67.